The van der Waals surface area contributed by atoms with Crippen LogP contribution in [0.25, 0.3) is 0 Å². The van der Waals surface area contributed by atoms with Crippen LogP contribution in [0.2, 0.25) is 0 Å². The zero-order chi connectivity index (χ0) is 16.2. The normalized spacial score (nSPS) is 20.5. The van der Waals surface area contributed by atoms with Crippen LogP contribution in [-0.2, 0) is 4.79 Å². The zero-order valence-electron chi connectivity index (χ0n) is 13.2. The Morgan fingerprint density at radius 2 is 2.27 bits per heavy atom. The number of carbonyl (C=O) groups excluding carboxylic acids is 1. The van der Waals surface area contributed by atoms with Gasteiger partial charge in [-0.05, 0) is 50.3 Å². The highest BCUT2D eigenvalue weighted by atomic mass is 19.1. The lowest BCUT2D eigenvalue weighted by Gasteiger charge is -2.33. The highest BCUT2D eigenvalue weighted by Crippen LogP contribution is 2.23. The van der Waals surface area contributed by atoms with Crippen molar-refractivity contribution in [3.63, 3.8) is 0 Å². The Balaban J connectivity index is 1.82. The Labute approximate surface area is 131 Å². The molecule has 1 saturated heterocycles. The molecule has 1 aliphatic heterocycles. The zero-order valence-corrected chi connectivity index (χ0v) is 13.2. The van der Waals surface area contributed by atoms with E-state index < -0.39 is 6.10 Å². The van der Waals surface area contributed by atoms with Crippen LogP contribution >= 0.6 is 0 Å². The summed E-state index contributed by atoms with van der Waals surface area (Å²) < 4.78 is 13.2. The van der Waals surface area contributed by atoms with Crippen molar-refractivity contribution in [2.45, 2.75) is 44.8 Å². The third kappa shape index (κ3) is 5.07. The van der Waals surface area contributed by atoms with Crippen LogP contribution in [-0.4, -0.2) is 29.6 Å². The smallest absolute Gasteiger partial charge is 0.220 e. The number of β-amino-alcohol motifs (C(OH)–C–C–N with tert-alkyl or cyclic N) is 1. The number of halogens is 1. The lowest BCUT2D eigenvalue weighted by molar-refractivity contribution is -0.123. The SMILES string of the molecule is CC(C)(C[C@H]1CCC(=O)NC1)NC[C@H](O)c1cccc(F)c1. The number of rotatable bonds is 6. The van der Waals surface area contributed by atoms with Gasteiger partial charge in [0.25, 0.3) is 0 Å². The van der Waals surface area contributed by atoms with E-state index in [1.807, 2.05) is 0 Å². The summed E-state index contributed by atoms with van der Waals surface area (Å²) in [5.74, 6) is 0.240. The summed E-state index contributed by atoms with van der Waals surface area (Å²) in [5, 5.41) is 16.4. The summed E-state index contributed by atoms with van der Waals surface area (Å²) in [7, 11) is 0. The predicted molar refractivity (Wildman–Crippen MR) is 83.8 cm³/mol. The number of benzene rings is 1. The maximum absolute atomic E-state index is 13.2. The third-order valence-corrected chi connectivity index (χ3v) is 4.17. The van der Waals surface area contributed by atoms with E-state index in [1.54, 1.807) is 12.1 Å². The van der Waals surface area contributed by atoms with Crippen LogP contribution in [0.1, 0.15) is 44.8 Å². The van der Waals surface area contributed by atoms with Crippen molar-refractivity contribution >= 4 is 5.91 Å². The molecule has 0 radical (unpaired) electrons. The lowest BCUT2D eigenvalue weighted by Crippen LogP contribution is -2.46. The molecule has 22 heavy (non-hydrogen) atoms. The summed E-state index contributed by atoms with van der Waals surface area (Å²) in [4.78, 5) is 11.2. The fourth-order valence-corrected chi connectivity index (χ4v) is 2.96. The molecule has 1 amide bonds. The molecule has 1 fully saturated rings. The van der Waals surface area contributed by atoms with Crippen molar-refractivity contribution in [3.05, 3.63) is 35.6 Å². The van der Waals surface area contributed by atoms with Gasteiger partial charge >= 0.3 is 0 Å². The number of amides is 1. The van der Waals surface area contributed by atoms with E-state index in [0.29, 0.717) is 24.4 Å². The van der Waals surface area contributed by atoms with Crippen molar-refractivity contribution < 1.29 is 14.3 Å². The van der Waals surface area contributed by atoms with Gasteiger partial charge in [-0.25, -0.2) is 4.39 Å². The number of hydrogen-bond donors (Lipinski definition) is 3. The second kappa shape index (κ2) is 7.20. The van der Waals surface area contributed by atoms with Gasteiger partial charge in [0.2, 0.25) is 5.91 Å². The third-order valence-electron chi connectivity index (χ3n) is 4.17. The van der Waals surface area contributed by atoms with Gasteiger partial charge in [0.15, 0.2) is 0 Å². The van der Waals surface area contributed by atoms with E-state index in [4.69, 9.17) is 0 Å². The van der Waals surface area contributed by atoms with Gasteiger partial charge in [0.1, 0.15) is 5.82 Å². The second-order valence-electron chi connectivity index (χ2n) is 6.75. The van der Waals surface area contributed by atoms with Crippen molar-refractivity contribution in [2.24, 2.45) is 5.92 Å². The summed E-state index contributed by atoms with van der Waals surface area (Å²) in [6, 6.07) is 6.05. The molecule has 122 valence electrons. The van der Waals surface area contributed by atoms with E-state index in [1.165, 1.54) is 12.1 Å². The largest absolute Gasteiger partial charge is 0.387 e. The first-order valence-electron chi connectivity index (χ1n) is 7.81. The fraction of sp³-hybridized carbons (Fsp3) is 0.588. The number of piperidine rings is 1. The van der Waals surface area contributed by atoms with Crippen LogP contribution in [0, 0.1) is 11.7 Å². The summed E-state index contributed by atoms with van der Waals surface area (Å²) in [6.07, 6.45) is 1.68. The van der Waals surface area contributed by atoms with Gasteiger partial charge in [0.05, 0.1) is 6.10 Å². The highest BCUT2D eigenvalue weighted by molar-refractivity contribution is 5.76. The number of aliphatic hydroxyl groups is 1. The summed E-state index contributed by atoms with van der Waals surface area (Å²) in [6.45, 7) is 5.26. The molecule has 0 aliphatic carbocycles. The van der Waals surface area contributed by atoms with Gasteiger partial charge in [-0.2, -0.15) is 0 Å². The van der Waals surface area contributed by atoms with Gasteiger partial charge in [-0.1, -0.05) is 12.1 Å². The molecule has 3 N–H and O–H groups in total. The molecule has 1 aromatic carbocycles. The summed E-state index contributed by atoms with van der Waals surface area (Å²) in [5.41, 5.74) is 0.425. The van der Waals surface area contributed by atoms with Gasteiger partial charge in [0, 0.05) is 25.0 Å². The van der Waals surface area contributed by atoms with Crippen LogP contribution in [0.15, 0.2) is 24.3 Å². The summed E-state index contributed by atoms with van der Waals surface area (Å²) >= 11 is 0. The maximum atomic E-state index is 13.2. The van der Waals surface area contributed by atoms with Crippen molar-refractivity contribution in [1.82, 2.24) is 10.6 Å². The van der Waals surface area contributed by atoms with E-state index in [9.17, 15) is 14.3 Å². The molecule has 1 aromatic rings. The monoisotopic (exact) mass is 308 g/mol. The Bertz CT molecular complexity index is 509. The van der Waals surface area contributed by atoms with Crippen molar-refractivity contribution in [2.75, 3.05) is 13.1 Å². The molecule has 0 aromatic heterocycles. The maximum Gasteiger partial charge on any atom is 0.220 e. The average Bonchev–Trinajstić information content (AvgIpc) is 2.47. The molecule has 1 aliphatic rings. The van der Waals surface area contributed by atoms with Gasteiger partial charge in [-0.15, -0.1) is 0 Å². The van der Waals surface area contributed by atoms with Crippen LogP contribution in [0.5, 0.6) is 0 Å². The molecule has 0 spiro atoms. The Kier molecular flexibility index (Phi) is 5.53. The minimum absolute atomic E-state index is 0.128. The number of hydrogen-bond acceptors (Lipinski definition) is 3. The average molecular weight is 308 g/mol. The fourth-order valence-electron chi connectivity index (χ4n) is 2.96. The van der Waals surface area contributed by atoms with Crippen LogP contribution < -0.4 is 10.6 Å². The first-order valence-corrected chi connectivity index (χ1v) is 7.81. The molecule has 2 rings (SSSR count). The van der Waals surface area contributed by atoms with Crippen molar-refractivity contribution in [3.8, 4) is 0 Å². The van der Waals surface area contributed by atoms with E-state index in [0.717, 1.165) is 19.4 Å². The van der Waals surface area contributed by atoms with E-state index in [-0.39, 0.29) is 17.3 Å². The minimum atomic E-state index is -0.735. The minimum Gasteiger partial charge on any atom is -0.387 e. The second-order valence-corrected chi connectivity index (χ2v) is 6.75. The van der Waals surface area contributed by atoms with Gasteiger partial charge in [-0.3, -0.25) is 4.79 Å². The molecular weight excluding hydrogens is 283 g/mol. The van der Waals surface area contributed by atoms with Crippen LogP contribution in [0.3, 0.4) is 0 Å². The van der Waals surface area contributed by atoms with Crippen molar-refractivity contribution in [1.29, 1.82) is 0 Å². The predicted octanol–water partition coefficient (Wildman–Crippen LogP) is 2.14. The molecular formula is C17H25FN2O2. The molecule has 0 bridgehead atoms. The first kappa shape index (κ1) is 16.9. The molecule has 2 atom stereocenters. The molecule has 5 heteroatoms. The first-order chi connectivity index (χ1) is 10.4. The Hall–Kier alpha value is -1.46. The standard InChI is InChI=1S/C17H25FN2O2/c1-17(2,9-12-6-7-16(22)19-10-12)20-11-15(21)13-4-3-5-14(18)8-13/h3-5,8,12,15,20-21H,6-7,9-11H2,1-2H3,(H,19,22)/t12-,15+/m1/s1. The van der Waals surface area contributed by atoms with E-state index >= 15 is 0 Å². The van der Waals surface area contributed by atoms with E-state index in [2.05, 4.69) is 24.5 Å². The highest BCUT2D eigenvalue weighted by Gasteiger charge is 2.26. The molecule has 0 unspecified atom stereocenters. The molecule has 4 nitrogen and oxygen atoms in total. The van der Waals surface area contributed by atoms with Crippen LogP contribution in [0.4, 0.5) is 4.39 Å². The molecule has 0 saturated carbocycles. The number of aliphatic hydroxyl groups excluding tert-OH is 1. The Morgan fingerprint density at radius 1 is 1.50 bits per heavy atom. The number of nitrogens with one attached hydrogen (secondary N) is 2. The number of carbonyl (C=O) groups is 1. The lowest BCUT2D eigenvalue weighted by atomic mass is 9.85. The Morgan fingerprint density at radius 3 is 2.91 bits per heavy atom. The molecule has 1 heterocycles. The topological polar surface area (TPSA) is 61.4 Å². The quantitative estimate of drug-likeness (QED) is 0.754. The van der Waals surface area contributed by atoms with Gasteiger partial charge < -0.3 is 15.7 Å².